The van der Waals surface area contributed by atoms with Gasteiger partial charge in [-0.2, -0.15) is 0 Å². The van der Waals surface area contributed by atoms with E-state index < -0.39 is 9.76 Å². The Balaban J connectivity index is 2.33. The first-order chi connectivity index (χ1) is 14.2. The van der Waals surface area contributed by atoms with Crippen molar-refractivity contribution in [3.63, 3.8) is 0 Å². The zero-order valence-corrected chi connectivity index (χ0v) is 23.0. The van der Waals surface area contributed by atoms with Crippen LogP contribution in [0, 0.1) is 27.7 Å². The van der Waals surface area contributed by atoms with Crippen molar-refractivity contribution in [1.82, 2.24) is 4.98 Å². The van der Waals surface area contributed by atoms with Crippen molar-refractivity contribution in [1.29, 1.82) is 0 Å². The maximum atomic E-state index is 6.47. The fourth-order valence-electron chi connectivity index (χ4n) is 3.57. The zero-order chi connectivity index (χ0) is 23.6. The molecule has 2 rings (SSSR count). The number of anilines is 1. The summed E-state index contributed by atoms with van der Waals surface area (Å²) in [7, 11) is -0.661. The molecule has 0 bridgehead atoms. The van der Waals surface area contributed by atoms with E-state index in [9.17, 15) is 0 Å². The number of aryl methyl sites for hydroxylation is 3. The van der Waals surface area contributed by atoms with Crippen LogP contribution >= 0.6 is 11.6 Å². The molecule has 31 heavy (non-hydrogen) atoms. The lowest BCUT2D eigenvalue weighted by atomic mass is 9.96. The third-order valence-corrected chi connectivity index (χ3v) is 7.41. The molecule has 1 unspecified atom stereocenters. The van der Waals surface area contributed by atoms with E-state index in [2.05, 4.69) is 64.8 Å². The number of hydrogen-bond donors (Lipinski definition) is 1. The van der Waals surface area contributed by atoms with Gasteiger partial charge < -0.3 is 14.5 Å². The molecule has 1 aromatic carbocycles. The van der Waals surface area contributed by atoms with Gasteiger partial charge in [0, 0.05) is 22.0 Å². The monoisotopic (exact) mass is 462 g/mol. The molecule has 0 spiro atoms. The molecule has 0 aliphatic rings. The Labute approximate surface area is 196 Å². The molecule has 0 saturated carbocycles. The quantitative estimate of drug-likeness (QED) is 0.427. The van der Waals surface area contributed by atoms with Crippen molar-refractivity contribution in [2.24, 2.45) is 0 Å². The summed E-state index contributed by atoms with van der Waals surface area (Å²) in [5.41, 5.74) is 4.66. The zero-order valence-electron chi connectivity index (χ0n) is 20.9. The summed E-state index contributed by atoms with van der Waals surface area (Å²) in [6, 6.07) is 6.10. The van der Waals surface area contributed by atoms with Gasteiger partial charge in [-0.15, -0.1) is 0 Å². The molecule has 1 aromatic heterocycles. The smallest absolute Gasteiger partial charge is 0.224 e. The van der Waals surface area contributed by atoms with Crippen LogP contribution in [0.25, 0.3) is 0 Å². The van der Waals surface area contributed by atoms with Crippen LogP contribution in [0.4, 0.5) is 5.69 Å². The Morgan fingerprint density at radius 2 is 1.61 bits per heavy atom. The molecule has 1 atom stereocenters. The van der Waals surface area contributed by atoms with Crippen molar-refractivity contribution in [2.45, 2.75) is 92.3 Å². The van der Waals surface area contributed by atoms with Crippen molar-refractivity contribution in [3.05, 3.63) is 45.6 Å². The number of aromatic nitrogens is 1. The largest absolute Gasteiger partial charge is 0.438 e. The number of ether oxygens (including phenoxy) is 1. The van der Waals surface area contributed by atoms with Gasteiger partial charge in [-0.25, -0.2) is 4.98 Å². The predicted molar refractivity (Wildman–Crippen MR) is 136 cm³/mol. The van der Waals surface area contributed by atoms with E-state index in [0.717, 1.165) is 40.2 Å². The highest BCUT2D eigenvalue weighted by molar-refractivity contribution is 6.32. The molecule has 6 heteroatoms. The highest BCUT2D eigenvalue weighted by Crippen LogP contribution is 2.35. The summed E-state index contributed by atoms with van der Waals surface area (Å²) >= 11 is 6.19. The number of rotatable bonds is 8. The normalized spacial score (nSPS) is 13.6. The summed E-state index contributed by atoms with van der Waals surface area (Å²) in [6.07, 6.45) is 0.956. The molecule has 1 N–H and O–H groups in total. The van der Waals surface area contributed by atoms with Gasteiger partial charge in [0.15, 0.2) is 9.76 Å². The lowest BCUT2D eigenvalue weighted by molar-refractivity contribution is 0.0859. The van der Waals surface area contributed by atoms with Gasteiger partial charge in [0.25, 0.3) is 0 Å². The maximum Gasteiger partial charge on any atom is 0.224 e. The van der Waals surface area contributed by atoms with Gasteiger partial charge in [0.2, 0.25) is 5.88 Å². The topological polar surface area (TPSA) is 43.4 Å². The van der Waals surface area contributed by atoms with Crippen molar-refractivity contribution >= 4 is 27.1 Å². The number of halogens is 1. The van der Waals surface area contributed by atoms with Crippen LogP contribution in [0.1, 0.15) is 70.3 Å². The third-order valence-electron chi connectivity index (χ3n) is 5.43. The number of nitrogens with zero attached hydrogens (tertiary/aromatic N) is 1. The summed E-state index contributed by atoms with van der Waals surface area (Å²) < 4.78 is 12.8. The van der Waals surface area contributed by atoms with Crippen LogP contribution in [-0.4, -0.2) is 26.4 Å². The van der Waals surface area contributed by atoms with E-state index in [1.807, 2.05) is 32.9 Å². The maximum absolute atomic E-state index is 6.47. The second-order valence-corrected chi connectivity index (χ2v) is 13.4. The first-order valence-corrected chi connectivity index (χ1v) is 12.7. The van der Waals surface area contributed by atoms with Crippen LogP contribution in [0.15, 0.2) is 18.2 Å². The summed E-state index contributed by atoms with van der Waals surface area (Å²) in [5.74, 6) is 1.43. The van der Waals surface area contributed by atoms with Gasteiger partial charge in [-0.05, 0) is 82.3 Å². The first-order valence-electron chi connectivity index (χ1n) is 11.1. The van der Waals surface area contributed by atoms with Gasteiger partial charge in [0.05, 0.1) is 11.6 Å². The molecule has 0 fully saturated rings. The number of hydrogen-bond acceptors (Lipinski definition) is 4. The van der Waals surface area contributed by atoms with Gasteiger partial charge in [0.1, 0.15) is 5.75 Å². The SMILES string of the molecule is CCC(Nc1cc(C)nc(Oc2c(C)cc(Cl)cc2C)c1C)C(C)(C)O[SiH2]C(C)(C)C. The standard InChI is InChI=1S/C25H39ClN2O2Si/c1-11-21(25(9,10)30-31-24(6,7)8)28-20-14-17(4)27-23(18(20)5)29-22-15(2)12-19(26)13-16(22)3/h12-14,21H,11,31H2,1-10H3,(H,27,28). The lowest BCUT2D eigenvalue weighted by Gasteiger charge is -2.38. The van der Waals surface area contributed by atoms with Crippen LogP contribution in [0.2, 0.25) is 10.1 Å². The van der Waals surface area contributed by atoms with E-state index in [1.54, 1.807) is 0 Å². The fourth-order valence-corrected chi connectivity index (χ4v) is 4.90. The highest BCUT2D eigenvalue weighted by atomic mass is 35.5. The Morgan fingerprint density at radius 3 is 2.13 bits per heavy atom. The molecular weight excluding hydrogens is 424 g/mol. The van der Waals surface area contributed by atoms with Gasteiger partial charge >= 0.3 is 0 Å². The van der Waals surface area contributed by atoms with Gasteiger partial charge in [-0.1, -0.05) is 39.3 Å². The molecule has 172 valence electrons. The second-order valence-electron chi connectivity index (χ2n) is 10.3. The molecular formula is C25H39ClN2O2Si. The molecule has 2 aromatic rings. The highest BCUT2D eigenvalue weighted by Gasteiger charge is 2.31. The number of pyridine rings is 1. The number of nitrogens with one attached hydrogen (secondary N) is 1. The average molecular weight is 463 g/mol. The summed E-state index contributed by atoms with van der Waals surface area (Å²) in [6.45, 7) is 21.4. The minimum atomic E-state index is -0.661. The molecule has 4 nitrogen and oxygen atoms in total. The molecule has 0 radical (unpaired) electrons. The third kappa shape index (κ3) is 6.96. The summed E-state index contributed by atoms with van der Waals surface area (Å²) in [5, 5.41) is 4.71. The van der Waals surface area contributed by atoms with Crippen molar-refractivity contribution in [2.75, 3.05) is 5.32 Å². The van der Waals surface area contributed by atoms with Gasteiger partial charge in [-0.3, -0.25) is 0 Å². The van der Waals surface area contributed by atoms with Crippen molar-refractivity contribution < 1.29 is 9.16 Å². The Morgan fingerprint density at radius 1 is 1.03 bits per heavy atom. The summed E-state index contributed by atoms with van der Waals surface area (Å²) in [4.78, 5) is 4.68. The minimum absolute atomic E-state index is 0.176. The fraction of sp³-hybridized carbons (Fsp3) is 0.560. The molecule has 0 saturated heterocycles. The van der Waals surface area contributed by atoms with E-state index >= 15 is 0 Å². The minimum Gasteiger partial charge on any atom is -0.438 e. The Bertz CT molecular complexity index is 899. The second kappa shape index (κ2) is 9.93. The number of benzene rings is 1. The first kappa shape index (κ1) is 25.7. The van der Waals surface area contributed by atoms with Crippen LogP contribution < -0.4 is 10.1 Å². The molecule has 0 aliphatic heterocycles. The lowest BCUT2D eigenvalue weighted by Crippen LogP contribution is -2.45. The van der Waals surface area contributed by atoms with Crippen LogP contribution in [-0.2, 0) is 4.43 Å². The Hall–Kier alpha value is -1.56. The van der Waals surface area contributed by atoms with E-state index in [4.69, 9.17) is 20.8 Å². The molecule has 1 heterocycles. The van der Waals surface area contributed by atoms with E-state index in [-0.39, 0.29) is 16.7 Å². The van der Waals surface area contributed by atoms with E-state index in [0.29, 0.717) is 10.9 Å². The molecule has 0 aliphatic carbocycles. The van der Waals surface area contributed by atoms with Crippen LogP contribution in [0.3, 0.4) is 0 Å². The average Bonchev–Trinajstić information content (AvgIpc) is 2.63. The molecule has 0 amide bonds. The van der Waals surface area contributed by atoms with E-state index in [1.165, 1.54) is 0 Å². The van der Waals surface area contributed by atoms with Crippen molar-refractivity contribution in [3.8, 4) is 11.6 Å². The Kier molecular flexibility index (Phi) is 8.23. The van der Waals surface area contributed by atoms with Crippen LogP contribution in [0.5, 0.6) is 11.6 Å². The predicted octanol–water partition coefficient (Wildman–Crippen LogP) is 7.05.